The van der Waals surface area contributed by atoms with Crippen LogP contribution in [0.3, 0.4) is 0 Å². The van der Waals surface area contributed by atoms with Gasteiger partial charge in [0.05, 0.1) is 19.0 Å². The van der Waals surface area contributed by atoms with Crippen LogP contribution in [0.25, 0.3) is 0 Å². The molecule has 122 valence electrons. The van der Waals surface area contributed by atoms with E-state index >= 15 is 0 Å². The third-order valence-electron chi connectivity index (χ3n) is 4.16. The first-order valence-electron chi connectivity index (χ1n) is 8.33. The van der Waals surface area contributed by atoms with Gasteiger partial charge in [0.25, 0.3) is 0 Å². The van der Waals surface area contributed by atoms with Crippen molar-refractivity contribution < 1.29 is 9.16 Å². The third-order valence-corrected chi connectivity index (χ3v) is 8.69. The van der Waals surface area contributed by atoms with E-state index in [1.165, 1.54) is 5.56 Å². The highest BCUT2D eigenvalue weighted by atomic mass is 28.4. The van der Waals surface area contributed by atoms with Crippen LogP contribution in [-0.2, 0) is 15.8 Å². The van der Waals surface area contributed by atoms with Crippen molar-refractivity contribution in [3.8, 4) is 0 Å². The zero-order chi connectivity index (χ0) is 16.3. The number of hydrogen-bond donors (Lipinski definition) is 0. The number of allylic oxidation sites excluding steroid dienone is 2. The summed E-state index contributed by atoms with van der Waals surface area (Å²) in [7, 11) is -1.58. The average molecular weight is 319 g/mol. The Labute approximate surface area is 137 Å². The topological polar surface area (TPSA) is 18.5 Å². The summed E-state index contributed by atoms with van der Waals surface area (Å²) in [6.45, 7) is 10.0. The molecular weight excluding hydrogens is 288 g/mol. The zero-order valence-electron chi connectivity index (χ0n) is 14.5. The number of benzene rings is 1. The lowest BCUT2D eigenvalue weighted by molar-refractivity contribution is 0.148. The predicted molar refractivity (Wildman–Crippen MR) is 97.3 cm³/mol. The van der Waals surface area contributed by atoms with Gasteiger partial charge < -0.3 is 9.16 Å². The Hall–Kier alpha value is -1.32. The summed E-state index contributed by atoms with van der Waals surface area (Å²) in [6.07, 6.45) is 6.14. The first-order chi connectivity index (χ1) is 10.7. The molecule has 0 aliphatic carbocycles. The van der Waals surface area contributed by atoms with E-state index in [-0.39, 0.29) is 0 Å². The van der Waals surface area contributed by atoms with Crippen LogP contribution in [0, 0.1) is 0 Å². The summed E-state index contributed by atoms with van der Waals surface area (Å²) in [5.41, 5.74) is 1.20. The Morgan fingerprint density at radius 3 is 2.23 bits per heavy atom. The van der Waals surface area contributed by atoms with Crippen molar-refractivity contribution in [2.75, 3.05) is 6.61 Å². The summed E-state index contributed by atoms with van der Waals surface area (Å²) >= 11 is 0. The minimum Gasteiger partial charge on any atom is -0.544 e. The maximum atomic E-state index is 6.36. The molecule has 0 saturated carbocycles. The van der Waals surface area contributed by atoms with Crippen LogP contribution in [0.1, 0.15) is 33.3 Å². The van der Waals surface area contributed by atoms with E-state index in [2.05, 4.69) is 39.0 Å². The van der Waals surface area contributed by atoms with Gasteiger partial charge in [0.15, 0.2) is 0 Å². The van der Waals surface area contributed by atoms with Crippen LogP contribution >= 0.6 is 0 Å². The molecule has 0 aliphatic rings. The fourth-order valence-corrected chi connectivity index (χ4v) is 5.01. The van der Waals surface area contributed by atoms with Crippen molar-refractivity contribution in [2.45, 2.75) is 52.4 Å². The summed E-state index contributed by atoms with van der Waals surface area (Å²) in [6, 6.07) is 13.7. The summed E-state index contributed by atoms with van der Waals surface area (Å²) in [4.78, 5) is 0. The molecule has 22 heavy (non-hydrogen) atoms. The number of rotatable bonds is 10. The van der Waals surface area contributed by atoms with Gasteiger partial charge in [0.1, 0.15) is 0 Å². The molecule has 0 saturated heterocycles. The summed E-state index contributed by atoms with van der Waals surface area (Å²) in [5, 5.41) is 0. The molecule has 0 fully saturated rings. The molecule has 0 amide bonds. The van der Waals surface area contributed by atoms with Crippen LogP contribution in [0.4, 0.5) is 0 Å². The van der Waals surface area contributed by atoms with Gasteiger partial charge in [-0.2, -0.15) is 0 Å². The minimum atomic E-state index is -1.58. The molecule has 0 heterocycles. The molecule has 0 N–H and O–H groups in total. The Morgan fingerprint density at radius 2 is 1.68 bits per heavy atom. The lowest BCUT2D eigenvalue weighted by Gasteiger charge is -2.29. The smallest absolute Gasteiger partial charge is 0.250 e. The summed E-state index contributed by atoms with van der Waals surface area (Å²) < 4.78 is 12.0. The second-order valence-electron chi connectivity index (χ2n) is 5.44. The van der Waals surface area contributed by atoms with Crippen LogP contribution in [-0.4, -0.2) is 14.9 Å². The van der Waals surface area contributed by atoms with Gasteiger partial charge in [0.2, 0.25) is 8.32 Å². The van der Waals surface area contributed by atoms with E-state index in [4.69, 9.17) is 9.16 Å². The SMILES string of the molecule is C/C=C(/C=C/COCc1ccccc1)O[Si](CC)(CC)CC. The molecule has 1 aromatic rings. The van der Waals surface area contributed by atoms with Gasteiger partial charge in [-0.25, -0.2) is 0 Å². The van der Waals surface area contributed by atoms with E-state index < -0.39 is 8.32 Å². The van der Waals surface area contributed by atoms with Crippen molar-refractivity contribution in [2.24, 2.45) is 0 Å². The lowest BCUT2D eigenvalue weighted by Crippen LogP contribution is -2.35. The normalized spacial score (nSPS) is 12.8. The first kappa shape index (κ1) is 18.7. The molecule has 1 rings (SSSR count). The standard InChI is InChI=1S/C19H30O2Si/c1-5-19(21-22(6-2,7-3)8-4)15-12-16-20-17-18-13-10-9-11-14-18/h5,9-15H,6-8,16-17H2,1-4H3/b15-12+,19-5-. The largest absolute Gasteiger partial charge is 0.544 e. The fourth-order valence-electron chi connectivity index (χ4n) is 2.39. The van der Waals surface area contributed by atoms with Crippen LogP contribution < -0.4 is 0 Å². The minimum absolute atomic E-state index is 0.606. The molecule has 0 aliphatic heterocycles. The Balaban J connectivity index is 2.42. The van der Waals surface area contributed by atoms with Gasteiger partial charge in [-0.3, -0.25) is 0 Å². The Bertz CT molecular complexity index is 453. The van der Waals surface area contributed by atoms with Gasteiger partial charge in [0, 0.05) is 0 Å². The van der Waals surface area contributed by atoms with Crippen LogP contribution in [0.2, 0.25) is 18.1 Å². The quantitative estimate of drug-likeness (QED) is 0.239. The van der Waals surface area contributed by atoms with E-state index in [9.17, 15) is 0 Å². The van der Waals surface area contributed by atoms with Gasteiger partial charge in [-0.15, -0.1) is 0 Å². The van der Waals surface area contributed by atoms with Gasteiger partial charge >= 0.3 is 0 Å². The molecular formula is C19H30O2Si. The molecule has 0 unspecified atom stereocenters. The summed E-state index contributed by atoms with van der Waals surface area (Å²) in [5.74, 6) is 0.987. The van der Waals surface area contributed by atoms with Crippen molar-refractivity contribution in [1.29, 1.82) is 0 Å². The molecule has 0 aromatic heterocycles. The Morgan fingerprint density at radius 1 is 1.05 bits per heavy atom. The van der Waals surface area contributed by atoms with Gasteiger partial charge in [-0.05, 0) is 42.8 Å². The maximum Gasteiger partial charge on any atom is 0.250 e. The molecule has 0 radical (unpaired) electrons. The highest BCUT2D eigenvalue weighted by molar-refractivity contribution is 6.73. The first-order valence-corrected chi connectivity index (χ1v) is 10.9. The van der Waals surface area contributed by atoms with Crippen molar-refractivity contribution >= 4 is 8.32 Å². The second kappa shape index (κ2) is 10.4. The van der Waals surface area contributed by atoms with Crippen molar-refractivity contribution in [1.82, 2.24) is 0 Å². The van der Waals surface area contributed by atoms with Crippen molar-refractivity contribution in [3.63, 3.8) is 0 Å². The molecule has 0 atom stereocenters. The molecule has 0 spiro atoms. The monoisotopic (exact) mass is 318 g/mol. The maximum absolute atomic E-state index is 6.36. The highest BCUT2D eigenvalue weighted by Gasteiger charge is 2.30. The van der Waals surface area contributed by atoms with E-state index in [0.29, 0.717) is 13.2 Å². The zero-order valence-corrected chi connectivity index (χ0v) is 15.5. The lowest BCUT2D eigenvalue weighted by atomic mass is 10.2. The van der Waals surface area contributed by atoms with E-state index in [1.807, 2.05) is 37.3 Å². The van der Waals surface area contributed by atoms with E-state index in [0.717, 1.165) is 23.9 Å². The fraction of sp³-hybridized carbons (Fsp3) is 0.474. The molecule has 2 nitrogen and oxygen atoms in total. The van der Waals surface area contributed by atoms with Gasteiger partial charge in [-0.1, -0.05) is 57.2 Å². The molecule has 3 heteroatoms. The number of hydrogen-bond acceptors (Lipinski definition) is 2. The van der Waals surface area contributed by atoms with E-state index in [1.54, 1.807) is 0 Å². The Kier molecular flexibility index (Phi) is 8.86. The van der Waals surface area contributed by atoms with Crippen LogP contribution in [0.15, 0.2) is 54.3 Å². The second-order valence-corrected chi connectivity index (χ2v) is 10.1. The molecule has 1 aromatic carbocycles. The van der Waals surface area contributed by atoms with Crippen molar-refractivity contribution in [3.05, 3.63) is 59.9 Å². The average Bonchev–Trinajstić information content (AvgIpc) is 2.59. The van der Waals surface area contributed by atoms with Crippen LogP contribution in [0.5, 0.6) is 0 Å². The number of ether oxygens (including phenoxy) is 1. The third kappa shape index (κ3) is 6.20. The highest BCUT2D eigenvalue weighted by Crippen LogP contribution is 2.25. The molecule has 0 bridgehead atoms. The predicted octanol–water partition coefficient (Wildman–Crippen LogP) is 5.69.